The maximum Gasteiger partial charge on any atom is 0.414 e. The molecule has 2 heterocycles. The van der Waals surface area contributed by atoms with Crippen LogP contribution in [0.5, 0.6) is 0 Å². The Morgan fingerprint density at radius 1 is 1.16 bits per heavy atom. The molecular formula is C15H20N2O2. The van der Waals surface area contributed by atoms with E-state index in [4.69, 9.17) is 4.74 Å². The molecule has 0 aromatic heterocycles. The smallest absolute Gasteiger partial charge is 0.414 e. The molecule has 0 spiro atoms. The number of anilines is 2. The van der Waals surface area contributed by atoms with Crippen LogP contribution in [0, 0.1) is 0 Å². The third kappa shape index (κ3) is 2.39. The minimum absolute atomic E-state index is 0.0331. The van der Waals surface area contributed by atoms with Crippen LogP contribution in [0.4, 0.5) is 16.2 Å². The van der Waals surface area contributed by atoms with Crippen molar-refractivity contribution in [1.82, 2.24) is 0 Å². The molecule has 1 aromatic carbocycles. The third-order valence-corrected chi connectivity index (χ3v) is 3.96. The molecule has 19 heavy (non-hydrogen) atoms. The highest BCUT2D eigenvalue weighted by Gasteiger charge is 2.31. The van der Waals surface area contributed by atoms with Crippen LogP contribution in [-0.4, -0.2) is 31.8 Å². The Hall–Kier alpha value is -1.71. The summed E-state index contributed by atoms with van der Waals surface area (Å²) in [6, 6.07) is 8.25. The number of hydrogen-bond acceptors (Lipinski definition) is 3. The summed E-state index contributed by atoms with van der Waals surface area (Å²) in [5, 5.41) is 0. The quantitative estimate of drug-likeness (QED) is 0.837. The lowest BCUT2D eigenvalue weighted by Crippen LogP contribution is -2.24. The minimum Gasteiger partial charge on any atom is -0.444 e. The largest absolute Gasteiger partial charge is 0.444 e. The fourth-order valence-electron chi connectivity index (χ4n) is 2.76. The Labute approximate surface area is 113 Å². The van der Waals surface area contributed by atoms with E-state index in [1.165, 1.54) is 18.5 Å². The molecule has 0 saturated carbocycles. The Morgan fingerprint density at radius 3 is 2.37 bits per heavy atom. The summed E-state index contributed by atoms with van der Waals surface area (Å²) < 4.78 is 5.28. The van der Waals surface area contributed by atoms with Crippen LogP contribution in [0.2, 0.25) is 0 Å². The monoisotopic (exact) mass is 260 g/mol. The van der Waals surface area contributed by atoms with Gasteiger partial charge < -0.3 is 9.64 Å². The lowest BCUT2D eigenvalue weighted by Gasteiger charge is -2.19. The SMILES string of the molecule is CCC1CN(c2ccc(N3CCCC3)cc2)C(=O)O1. The molecule has 2 aliphatic heterocycles. The van der Waals surface area contributed by atoms with Gasteiger partial charge in [-0.25, -0.2) is 4.79 Å². The van der Waals surface area contributed by atoms with Crippen molar-refractivity contribution in [3.05, 3.63) is 24.3 Å². The first-order chi connectivity index (χ1) is 9.28. The summed E-state index contributed by atoms with van der Waals surface area (Å²) in [5.74, 6) is 0. The van der Waals surface area contributed by atoms with E-state index < -0.39 is 0 Å². The fraction of sp³-hybridized carbons (Fsp3) is 0.533. The third-order valence-electron chi connectivity index (χ3n) is 3.96. The molecular weight excluding hydrogens is 240 g/mol. The molecule has 1 aromatic rings. The van der Waals surface area contributed by atoms with E-state index >= 15 is 0 Å². The average Bonchev–Trinajstić information content (AvgIpc) is 3.08. The Bertz CT molecular complexity index is 452. The van der Waals surface area contributed by atoms with Crippen molar-refractivity contribution in [1.29, 1.82) is 0 Å². The van der Waals surface area contributed by atoms with E-state index in [9.17, 15) is 4.79 Å². The van der Waals surface area contributed by atoms with E-state index in [0.29, 0.717) is 6.54 Å². The van der Waals surface area contributed by atoms with Crippen LogP contribution in [0.15, 0.2) is 24.3 Å². The van der Waals surface area contributed by atoms with E-state index in [-0.39, 0.29) is 12.2 Å². The minimum atomic E-state index is -0.222. The molecule has 2 saturated heterocycles. The summed E-state index contributed by atoms with van der Waals surface area (Å²) in [4.78, 5) is 15.9. The van der Waals surface area contributed by atoms with Gasteiger partial charge in [-0.15, -0.1) is 0 Å². The molecule has 1 amide bonds. The zero-order valence-corrected chi connectivity index (χ0v) is 11.3. The molecule has 4 heteroatoms. The van der Waals surface area contributed by atoms with Crippen LogP contribution >= 0.6 is 0 Å². The van der Waals surface area contributed by atoms with E-state index in [0.717, 1.165) is 25.2 Å². The molecule has 0 radical (unpaired) electrons. The normalized spacial score (nSPS) is 23.0. The van der Waals surface area contributed by atoms with Crippen LogP contribution in [0.3, 0.4) is 0 Å². The summed E-state index contributed by atoms with van der Waals surface area (Å²) >= 11 is 0. The summed E-state index contributed by atoms with van der Waals surface area (Å²) in [6.45, 7) is 4.99. The predicted octanol–water partition coefficient (Wildman–Crippen LogP) is 3.02. The second-order valence-electron chi connectivity index (χ2n) is 5.24. The highest BCUT2D eigenvalue weighted by Crippen LogP contribution is 2.27. The number of benzene rings is 1. The predicted molar refractivity (Wildman–Crippen MR) is 75.8 cm³/mol. The van der Waals surface area contributed by atoms with E-state index in [2.05, 4.69) is 17.0 Å². The molecule has 102 valence electrons. The van der Waals surface area contributed by atoms with Gasteiger partial charge >= 0.3 is 6.09 Å². The topological polar surface area (TPSA) is 32.8 Å². The van der Waals surface area contributed by atoms with E-state index in [1.807, 2.05) is 19.1 Å². The molecule has 1 atom stereocenters. The Morgan fingerprint density at radius 2 is 1.79 bits per heavy atom. The summed E-state index contributed by atoms with van der Waals surface area (Å²) in [6.07, 6.45) is 3.23. The van der Waals surface area contributed by atoms with Gasteiger partial charge in [0.25, 0.3) is 0 Å². The summed E-state index contributed by atoms with van der Waals surface area (Å²) in [7, 11) is 0. The molecule has 3 rings (SSSR count). The lowest BCUT2D eigenvalue weighted by atomic mass is 10.2. The lowest BCUT2D eigenvalue weighted by molar-refractivity contribution is 0.139. The van der Waals surface area contributed by atoms with Gasteiger partial charge in [-0.05, 0) is 43.5 Å². The zero-order chi connectivity index (χ0) is 13.2. The first kappa shape index (κ1) is 12.3. The second-order valence-corrected chi connectivity index (χ2v) is 5.24. The van der Waals surface area contributed by atoms with Crippen molar-refractivity contribution in [3.63, 3.8) is 0 Å². The number of carbonyl (C=O) groups is 1. The van der Waals surface area contributed by atoms with Gasteiger partial charge in [-0.1, -0.05) is 6.92 Å². The van der Waals surface area contributed by atoms with Crippen LogP contribution in [0.1, 0.15) is 26.2 Å². The molecule has 2 aliphatic rings. The first-order valence-corrected chi connectivity index (χ1v) is 7.11. The van der Waals surface area contributed by atoms with Gasteiger partial charge in [0.15, 0.2) is 0 Å². The van der Waals surface area contributed by atoms with Gasteiger partial charge in [-0.2, -0.15) is 0 Å². The van der Waals surface area contributed by atoms with Gasteiger partial charge in [0.05, 0.1) is 6.54 Å². The maximum atomic E-state index is 11.8. The summed E-state index contributed by atoms with van der Waals surface area (Å²) in [5.41, 5.74) is 2.18. The van der Waals surface area contributed by atoms with Crippen molar-refractivity contribution >= 4 is 17.5 Å². The Balaban J connectivity index is 1.73. The highest BCUT2D eigenvalue weighted by atomic mass is 16.6. The molecule has 0 N–H and O–H groups in total. The number of ether oxygens (including phenoxy) is 1. The van der Waals surface area contributed by atoms with Gasteiger partial charge in [-0.3, -0.25) is 4.90 Å². The van der Waals surface area contributed by atoms with Crippen molar-refractivity contribution in [2.45, 2.75) is 32.3 Å². The first-order valence-electron chi connectivity index (χ1n) is 7.11. The van der Waals surface area contributed by atoms with Gasteiger partial charge in [0.1, 0.15) is 6.10 Å². The zero-order valence-electron chi connectivity index (χ0n) is 11.3. The molecule has 4 nitrogen and oxygen atoms in total. The van der Waals surface area contributed by atoms with Crippen LogP contribution in [-0.2, 0) is 4.74 Å². The number of cyclic esters (lactones) is 1. The number of hydrogen-bond donors (Lipinski definition) is 0. The average molecular weight is 260 g/mol. The van der Waals surface area contributed by atoms with Crippen molar-refractivity contribution in [3.8, 4) is 0 Å². The van der Waals surface area contributed by atoms with Crippen LogP contribution < -0.4 is 9.80 Å². The van der Waals surface area contributed by atoms with E-state index in [1.54, 1.807) is 4.90 Å². The van der Waals surface area contributed by atoms with Crippen molar-refractivity contribution in [2.75, 3.05) is 29.4 Å². The van der Waals surface area contributed by atoms with Crippen LogP contribution in [0.25, 0.3) is 0 Å². The number of carbonyl (C=O) groups excluding carboxylic acids is 1. The standard InChI is InChI=1S/C15H20N2O2/c1-2-14-11-17(15(18)19-14)13-7-5-12(6-8-13)16-9-3-4-10-16/h5-8,14H,2-4,9-11H2,1H3. The van der Waals surface area contributed by atoms with Gasteiger partial charge in [0.2, 0.25) is 0 Å². The number of nitrogens with zero attached hydrogens (tertiary/aromatic N) is 2. The highest BCUT2D eigenvalue weighted by molar-refractivity contribution is 5.89. The fourth-order valence-corrected chi connectivity index (χ4v) is 2.76. The maximum absolute atomic E-state index is 11.8. The molecule has 0 aliphatic carbocycles. The van der Waals surface area contributed by atoms with Crippen molar-refractivity contribution < 1.29 is 9.53 Å². The molecule has 2 fully saturated rings. The van der Waals surface area contributed by atoms with Gasteiger partial charge in [0, 0.05) is 24.5 Å². The Kier molecular flexibility index (Phi) is 3.32. The second kappa shape index (κ2) is 5.11. The molecule has 0 bridgehead atoms. The number of rotatable bonds is 3. The van der Waals surface area contributed by atoms with Crippen molar-refractivity contribution in [2.24, 2.45) is 0 Å². The molecule has 1 unspecified atom stereocenters. The number of amides is 1.